The van der Waals surface area contributed by atoms with Gasteiger partial charge in [0.2, 0.25) is 17.7 Å². The number of hydrogen-bond acceptors (Lipinski definition) is 8. The molecule has 3 atom stereocenters. The van der Waals surface area contributed by atoms with Gasteiger partial charge in [-0.05, 0) is 78.4 Å². The van der Waals surface area contributed by atoms with Crippen LogP contribution in [0.15, 0.2) is 60.8 Å². The maximum atomic E-state index is 13.9. The van der Waals surface area contributed by atoms with Crippen molar-refractivity contribution < 1.29 is 33.4 Å². The first-order chi connectivity index (χ1) is 22.6. The van der Waals surface area contributed by atoms with E-state index < -0.39 is 53.0 Å². The number of aromatic amines is 1. The largest absolute Gasteiger partial charge is 0.467 e. The summed E-state index contributed by atoms with van der Waals surface area (Å²) in [6.07, 6.45) is 5.77. The number of nitrogens with zero attached hydrogens (tertiary/aromatic N) is 2. The van der Waals surface area contributed by atoms with Crippen LogP contribution in [0.5, 0.6) is 0 Å². The van der Waals surface area contributed by atoms with Crippen LogP contribution < -0.4 is 16.0 Å². The maximum Gasteiger partial charge on any atom is 0.408 e. The summed E-state index contributed by atoms with van der Waals surface area (Å²) in [5.74, 6) is -2.44. The highest BCUT2D eigenvalue weighted by molar-refractivity contribution is 5.99. The highest BCUT2D eigenvalue weighted by atomic mass is 16.6. The number of H-pyrrole nitrogens is 1. The number of imidazole rings is 1. The average Bonchev–Trinajstić information content (AvgIpc) is 3.70. The SMILES string of the molecule is C=C/C(=C/C)C(C(=O)N1CCCC1C(=O)OC)c1ncc(NC(=O)C(CCc2ccccc2)NC(=O)C(C)(C)NC(=O)OC(C)(C)C)[nH]1. The highest BCUT2D eigenvalue weighted by Crippen LogP contribution is 2.30. The first-order valence-electron chi connectivity index (χ1n) is 16.0. The number of esters is 1. The van der Waals surface area contributed by atoms with Gasteiger partial charge in [-0.1, -0.05) is 49.1 Å². The molecule has 0 aliphatic carbocycles. The summed E-state index contributed by atoms with van der Waals surface area (Å²) in [7, 11) is 1.29. The third-order valence-corrected chi connectivity index (χ3v) is 7.85. The molecule has 4 N–H and O–H groups in total. The minimum atomic E-state index is -1.41. The molecule has 0 saturated carbocycles. The molecule has 0 spiro atoms. The minimum Gasteiger partial charge on any atom is -0.467 e. The average molecular weight is 665 g/mol. The number of alkyl carbamates (subject to hydrolysis) is 1. The van der Waals surface area contributed by atoms with Crippen molar-refractivity contribution in [3.05, 3.63) is 72.2 Å². The maximum absolute atomic E-state index is 13.9. The fraction of sp³-hybridized carbons (Fsp3) is 0.486. The summed E-state index contributed by atoms with van der Waals surface area (Å²) in [5.41, 5.74) is -0.641. The first kappa shape index (κ1) is 37.5. The number of allylic oxidation sites excluding steroid dienone is 2. The summed E-state index contributed by atoms with van der Waals surface area (Å²) in [5, 5.41) is 8.12. The van der Waals surface area contributed by atoms with Crippen LogP contribution in [0.3, 0.4) is 0 Å². The second-order valence-electron chi connectivity index (χ2n) is 13.1. The van der Waals surface area contributed by atoms with Crippen molar-refractivity contribution in [1.82, 2.24) is 25.5 Å². The van der Waals surface area contributed by atoms with Gasteiger partial charge in [0.25, 0.3) is 0 Å². The molecule has 1 aliphatic rings. The molecule has 1 fully saturated rings. The number of ether oxygens (including phenoxy) is 2. The Morgan fingerprint density at radius 3 is 2.42 bits per heavy atom. The van der Waals surface area contributed by atoms with Gasteiger partial charge in [-0.15, -0.1) is 0 Å². The lowest BCUT2D eigenvalue weighted by atomic mass is 9.95. The van der Waals surface area contributed by atoms with Gasteiger partial charge in [0.05, 0.1) is 13.3 Å². The second kappa shape index (κ2) is 16.2. The lowest BCUT2D eigenvalue weighted by molar-refractivity contribution is -0.151. The molecule has 0 bridgehead atoms. The fourth-order valence-corrected chi connectivity index (χ4v) is 5.34. The zero-order valence-electron chi connectivity index (χ0n) is 28.8. The van der Waals surface area contributed by atoms with Crippen LogP contribution in [0.25, 0.3) is 0 Å². The predicted molar refractivity (Wildman–Crippen MR) is 181 cm³/mol. The lowest BCUT2D eigenvalue weighted by Crippen LogP contribution is -2.59. The number of amides is 4. The zero-order valence-corrected chi connectivity index (χ0v) is 28.8. The molecule has 48 heavy (non-hydrogen) atoms. The second-order valence-corrected chi connectivity index (χ2v) is 13.1. The highest BCUT2D eigenvalue weighted by Gasteiger charge is 2.40. The van der Waals surface area contributed by atoms with E-state index in [1.807, 2.05) is 30.3 Å². The molecular weight excluding hydrogens is 616 g/mol. The van der Waals surface area contributed by atoms with Crippen molar-refractivity contribution in [2.24, 2.45) is 0 Å². The molecular formula is C35H48N6O7. The van der Waals surface area contributed by atoms with E-state index in [4.69, 9.17) is 9.47 Å². The molecule has 1 aromatic carbocycles. The number of carbonyl (C=O) groups excluding carboxylic acids is 5. The molecule has 260 valence electrons. The van der Waals surface area contributed by atoms with Crippen molar-refractivity contribution >= 4 is 35.6 Å². The molecule has 2 aromatic rings. The third kappa shape index (κ3) is 10.0. The van der Waals surface area contributed by atoms with Crippen LogP contribution in [-0.4, -0.2) is 81.5 Å². The fourth-order valence-electron chi connectivity index (χ4n) is 5.34. The van der Waals surface area contributed by atoms with E-state index in [0.717, 1.165) is 5.56 Å². The van der Waals surface area contributed by atoms with Crippen LogP contribution in [0.1, 0.15) is 78.1 Å². The third-order valence-electron chi connectivity index (χ3n) is 7.85. The molecule has 13 heteroatoms. The number of likely N-dealkylation sites (tertiary alicyclic amines) is 1. The van der Waals surface area contributed by atoms with Crippen LogP contribution in [-0.2, 0) is 35.1 Å². The van der Waals surface area contributed by atoms with Gasteiger partial charge < -0.3 is 35.3 Å². The van der Waals surface area contributed by atoms with Gasteiger partial charge in [-0.25, -0.2) is 14.6 Å². The van der Waals surface area contributed by atoms with Gasteiger partial charge in [0.1, 0.15) is 40.8 Å². The van der Waals surface area contributed by atoms with E-state index in [-0.39, 0.29) is 24.0 Å². The normalized spacial score (nSPS) is 16.4. The van der Waals surface area contributed by atoms with Crippen LogP contribution in [0, 0.1) is 0 Å². The minimum absolute atomic E-state index is 0.198. The summed E-state index contributed by atoms with van der Waals surface area (Å²) in [6.45, 7) is 14.2. The number of methoxy groups -OCH3 is 1. The summed E-state index contributed by atoms with van der Waals surface area (Å²) in [6, 6.07) is 7.80. The van der Waals surface area contributed by atoms with Crippen LogP contribution >= 0.6 is 0 Å². The Labute approximate surface area is 281 Å². The van der Waals surface area contributed by atoms with Gasteiger partial charge >= 0.3 is 12.1 Å². The smallest absolute Gasteiger partial charge is 0.408 e. The van der Waals surface area contributed by atoms with Gasteiger partial charge in [0, 0.05) is 6.54 Å². The lowest BCUT2D eigenvalue weighted by Gasteiger charge is -2.29. The van der Waals surface area contributed by atoms with Crippen molar-refractivity contribution in [3.8, 4) is 0 Å². The molecule has 0 radical (unpaired) electrons. The van der Waals surface area contributed by atoms with Crippen molar-refractivity contribution in [2.75, 3.05) is 19.0 Å². The van der Waals surface area contributed by atoms with Gasteiger partial charge in [-0.2, -0.15) is 0 Å². The monoisotopic (exact) mass is 664 g/mol. The molecule has 1 saturated heterocycles. The number of nitrogens with one attached hydrogen (secondary N) is 4. The Morgan fingerprint density at radius 2 is 1.81 bits per heavy atom. The number of rotatable bonds is 13. The summed E-state index contributed by atoms with van der Waals surface area (Å²) in [4.78, 5) is 74.7. The van der Waals surface area contributed by atoms with E-state index in [0.29, 0.717) is 31.4 Å². The standard InChI is InChI=1S/C35H48N6O7/c1-9-23(10-2)27(30(43)41-20-14-17-25(41)31(44)47-8)28-36-21-26(38-28)39-29(42)24(19-18-22-15-12-11-13-16-22)37-32(45)35(6,7)40-33(46)48-34(3,4)5/h9-13,15-16,21,24-25,27H,1,14,17-20H2,2-8H3,(H,36,38)(H,37,45)(H,39,42)(H,40,46)/b23-10-. The molecule has 1 aromatic heterocycles. The van der Waals surface area contributed by atoms with Crippen LogP contribution in [0.2, 0.25) is 0 Å². The molecule has 1 aliphatic heterocycles. The van der Waals surface area contributed by atoms with Crippen molar-refractivity contribution in [2.45, 2.75) is 96.4 Å². The number of aromatic nitrogens is 2. The number of anilines is 1. The first-order valence-corrected chi connectivity index (χ1v) is 16.0. The summed E-state index contributed by atoms with van der Waals surface area (Å²) >= 11 is 0. The predicted octanol–water partition coefficient (Wildman–Crippen LogP) is 4.15. The van der Waals surface area contributed by atoms with Gasteiger partial charge in [-0.3, -0.25) is 14.4 Å². The number of benzene rings is 1. The Kier molecular flexibility index (Phi) is 12.7. The molecule has 13 nitrogen and oxygen atoms in total. The Morgan fingerprint density at radius 1 is 1.12 bits per heavy atom. The summed E-state index contributed by atoms with van der Waals surface area (Å²) < 4.78 is 10.2. The number of hydrogen-bond donors (Lipinski definition) is 4. The van der Waals surface area contributed by atoms with E-state index in [1.165, 1.54) is 32.1 Å². The Bertz CT molecular complexity index is 1510. The molecule has 2 heterocycles. The van der Waals surface area contributed by atoms with E-state index in [2.05, 4.69) is 32.5 Å². The quantitative estimate of drug-likeness (QED) is 0.183. The zero-order chi connectivity index (χ0) is 35.6. The van der Waals surface area contributed by atoms with E-state index in [1.54, 1.807) is 39.8 Å². The van der Waals surface area contributed by atoms with Crippen molar-refractivity contribution in [3.63, 3.8) is 0 Å². The number of aryl methyl sites for hydroxylation is 1. The molecule has 4 amide bonds. The topological polar surface area (TPSA) is 172 Å². The van der Waals surface area contributed by atoms with E-state index in [9.17, 15) is 24.0 Å². The van der Waals surface area contributed by atoms with Gasteiger partial charge in [0.15, 0.2) is 0 Å². The number of carbonyl (C=O) groups is 5. The Balaban J connectivity index is 1.83. The van der Waals surface area contributed by atoms with E-state index >= 15 is 0 Å². The van der Waals surface area contributed by atoms with Crippen LogP contribution in [0.4, 0.5) is 10.6 Å². The Hall–Kier alpha value is -4.94. The molecule has 3 rings (SSSR count). The van der Waals surface area contributed by atoms with Crippen molar-refractivity contribution in [1.29, 1.82) is 0 Å². The molecule has 3 unspecified atom stereocenters.